The van der Waals surface area contributed by atoms with Crippen molar-refractivity contribution in [3.05, 3.63) is 65.0 Å². The van der Waals surface area contributed by atoms with E-state index in [9.17, 15) is 4.39 Å². The Kier molecular flexibility index (Phi) is 5.34. The first-order chi connectivity index (χ1) is 10.2. The molecule has 0 aliphatic rings. The van der Waals surface area contributed by atoms with Crippen LogP contribution in [-0.2, 0) is 6.42 Å². The van der Waals surface area contributed by atoms with Crippen molar-refractivity contribution in [3.63, 3.8) is 0 Å². The molecule has 0 aromatic heterocycles. The van der Waals surface area contributed by atoms with Gasteiger partial charge in [0.05, 0.1) is 13.2 Å². The zero-order chi connectivity index (χ0) is 15.2. The minimum Gasteiger partial charge on any atom is -0.494 e. The Labute approximate surface area is 126 Å². The smallest absolute Gasteiger partial charge is 0.165 e. The highest BCUT2D eigenvalue weighted by atomic mass is 19.1. The van der Waals surface area contributed by atoms with Crippen LogP contribution in [0.4, 0.5) is 4.39 Å². The van der Waals surface area contributed by atoms with Gasteiger partial charge in [-0.25, -0.2) is 4.39 Å². The van der Waals surface area contributed by atoms with E-state index in [-0.39, 0.29) is 17.6 Å². The van der Waals surface area contributed by atoms with E-state index in [0.717, 1.165) is 24.0 Å². The topological polar surface area (TPSA) is 21.3 Å². The molecule has 0 spiro atoms. The Morgan fingerprint density at radius 2 is 1.76 bits per heavy atom. The summed E-state index contributed by atoms with van der Waals surface area (Å²) in [6, 6.07) is 13.6. The van der Waals surface area contributed by atoms with E-state index in [4.69, 9.17) is 4.74 Å². The van der Waals surface area contributed by atoms with Gasteiger partial charge in [-0.1, -0.05) is 43.7 Å². The molecule has 0 saturated heterocycles. The molecule has 0 aliphatic carbocycles. The van der Waals surface area contributed by atoms with Crippen LogP contribution >= 0.6 is 0 Å². The zero-order valence-electron chi connectivity index (χ0n) is 12.8. The number of nitrogens with one attached hydrogen (secondary N) is 1. The Morgan fingerprint density at radius 3 is 2.29 bits per heavy atom. The molecule has 0 aliphatic heterocycles. The molecule has 0 saturated carbocycles. The predicted molar refractivity (Wildman–Crippen MR) is 84.3 cm³/mol. The van der Waals surface area contributed by atoms with Crippen LogP contribution in [0, 0.1) is 5.82 Å². The van der Waals surface area contributed by atoms with Gasteiger partial charge < -0.3 is 10.1 Å². The van der Waals surface area contributed by atoms with Crippen molar-refractivity contribution in [1.29, 1.82) is 0 Å². The van der Waals surface area contributed by atoms with Crippen LogP contribution in [0.25, 0.3) is 0 Å². The molecule has 0 fully saturated rings. The highest BCUT2D eigenvalue weighted by Gasteiger charge is 2.14. The molecule has 0 heterocycles. The summed E-state index contributed by atoms with van der Waals surface area (Å²) in [5, 5.41) is 3.24. The van der Waals surface area contributed by atoms with Crippen LogP contribution < -0.4 is 10.1 Å². The number of aryl methyl sites for hydroxylation is 1. The predicted octanol–water partition coefficient (Wildman–Crippen LogP) is 4.10. The second kappa shape index (κ2) is 7.23. The molecule has 112 valence electrons. The summed E-state index contributed by atoms with van der Waals surface area (Å²) in [4.78, 5) is 0. The number of halogens is 1. The molecule has 2 rings (SSSR count). The Balaban J connectivity index is 2.28. The lowest BCUT2D eigenvalue weighted by atomic mass is 9.97. The first-order valence-electron chi connectivity index (χ1n) is 7.29. The van der Waals surface area contributed by atoms with Crippen molar-refractivity contribution < 1.29 is 9.13 Å². The number of methoxy groups -OCH3 is 1. The van der Waals surface area contributed by atoms with Gasteiger partial charge in [-0.2, -0.15) is 0 Å². The standard InChI is InChI=1S/C18H22FNO/c1-4-5-13-6-8-14(9-7-13)18(20-2)15-10-11-17(21-3)16(19)12-15/h6-12,18,20H,4-5H2,1-3H3. The third-order valence-corrected chi connectivity index (χ3v) is 3.65. The summed E-state index contributed by atoms with van der Waals surface area (Å²) < 4.78 is 18.8. The minimum atomic E-state index is -0.335. The van der Waals surface area contributed by atoms with Gasteiger partial charge in [0.1, 0.15) is 0 Å². The van der Waals surface area contributed by atoms with Crippen molar-refractivity contribution in [2.45, 2.75) is 25.8 Å². The van der Waals surface area contributed by atoms with E-state index in [2.05, 4.69) is 36.5 Å². The van der Waals surface area contributed by atoms with Crippen LogP contribution in [0.2, 0.25) is 0 Å². The lowest BCUT2D eigenvalue weighted by molar-refractivity contribution is 0.386. The van der Waals surface area contributed by atoms with Crippen molar-refractivity contribution in [3.8, 4) is 5.75 Å². The van der Waals surface area contributed by atoms with Gasteiger partial charge >= 0.3 is 0 Å². The van der Waals surface area contributed by atoms with Gasteiger partial charge in [0, 0.05) is 0 Å². The Hall–Kier alpha value is -1.87. The summed E-state index contributed by atoms with van der Waals surface area (Å²) in [6.45, 7) is 2.17. The number of hydrogen-bond donors (Lipinski definition) is 1. The Morgan fingerprint density at radius 1 is 1.10 bits per heavy atom. The van der Waals surface area contributed by atoms with Crippen LogP contribution in [0.5, 0.6) is 5.75 Å². The molecule has 1 N–H and O–H groups in total. The number of hydrogen-bond acceptors (Lipinski definition) is 2. The maximum absolute atomic E-state index is 13.9. The second-order valence-electron chi connectivity index (χ2n) is 5.11. The van der Waals surface area contributed by atoms with Crippen molar-refractivity contribution in [1.82, 2.24) is 5.32 Å². The maximum atomic E-state index is 13.9. The highest BCUT2D eigenvalue weighted by Crippen LogP contribution is 2.26. The average Bonchev–Trinajstić information content (AvgIpc) is 2.50. The lowest BCUT2D eigenvalue weighted by Crippen LogP contribution is -2.17. The fourth-order valence-corrected chi connectivity index (χ4v) is 2.55. The quantitative estimate of drug-likeness (QED) is 0.864. The molecule has 1 atom stereocenters. The minimum absolute atomic E-state index is 0.0268. The molecule has 2 nitrogen and oxygen atoms in total. The second-order valence-corrected chi connectivity index (χ2v) is 5.11. The molecule has 0 radical (unpaired) electrons. The van der Waals surface area contributed by atoms with Crippen LogP contribution in [0.15, 0.2) is 42.5 Å². The van der Waals surface area contributed by atoms with Gasteiger partial charge in [0.25, 0.3) is 0 Å². The first-order valence-corrected chi connectivity index (χ1v) is 7.29. The third-order valence-electron chi connectivity index (χ3n) is 3.65. The van der Waals surface area contributed by atoms with E-state index >= 15 is 0 Å². The Bertz CT molecular complexity index is 580. The van der Waals surface area contributed by atoms with Crippen LogP contribution in [0.1, 0.15) is 36.1 Å². The number of rotatable bonds is 6. The largest absolute Gasteiger partial charge is 0.494 e. The molecule has 2 aromatic rings. The zero-order valence-corrected chi connectivity index (χ0v) is 12.8. The molecular formula is C18H22FNO. The summed E-state index contributed by atoms with van der Waals surface area (Å²) in [5.41, 5.74) is 3.35. The number of ether oxygens (including phenoxy) is 1. The molecule has 21 heavy (non-hydrogen) atoms. The third kappa shape index (κ3) is 3.61. The maximum Gasteiger partial charge on any atom is 0.165 e. The van der Waals surface area contributed by atoms with Crippen LogP contribution in [0.3, 0.4) is 0 Å². The summed E-state index contributed by atoms with van der Waals surface area (Å²) >= 11 is 0. The van der Waals surface area contributed by atoms with Gasteiger partial charge in [0.2, 0.25) is 0 Å². The fourth-order valence-electron chi connectivity index (χ4n) is 2.55. The number of benzene rings is 2. The monoisotopic (exact) mass is 287 g/mol. The van der Waals surface area contributed by atoms with Gasteiger partial charge in [-0.05, 0) is 42.3 Å². The molecule has 2 aromatic carbocycles. The average molecular weight is 287 g/mol. The SMILES string of the molecule is CCCc1ccc(C(NC)c2ccc(OC)c(F)c2)cc1. The van der Waals surface area contributed by atoms with E-state index in [1.807, 2.05) is 13.1 Å². The van der Waals surface area contributed by atoms with Gasteiger partial charge in [-0.3, -0.25) is 0 Å². The van der Waals surface area contributed by atoms with Gasteiger partial charge in [0.15, 0.2) is 11.6 Å². The molecule has 1 unspecified atom stereocenters. The first kappa shape index (κ1) is 15.5. The van der Waals surface area contributed by atoms with E-state index < -0.39 is 0 Å². The highest BCUT2D eigenvalue weighted by molar-refractivity contribution is 5.37. The lowest BCUT2D eigenvalue weighted by Gasteiger charge is -2.18. The summed E-state index contributed by atoms with van der Waals surface area (Å²) in [7, 11) is 3.35. The van der Waals surface area contributed by atoms with Crippen LogP contribution in [-0.4, -0.2) is 14.2 Å². The van der Waals surface area contributed by atoms with E-state index in [0.29, 0.717) is 0 Å². The normalized spacial score (nSPS) is 12.2. The molecule has 0 bridgehead atoms. The summed E-state index contributed by atoms with van der Waals surface area (Å²) in [5.74, 6) is -0.0650. The molecule has 0 amide bonds. The van der Waals surface area contributed by atoms with E-state index in [1.54, 1.807) is 6.07 Å². The van der Waals surface area contributed by atoms with Crippen molar-refractivity contribution >= 4 is 0 Å². The fraction of sp³-hybridized carbons (Fsp3) is 0.333. The molecular weight excluding hydrogens is 265 g/mol. The van der Waals surface area contributed by atoms with Gasteiger partial charge in [-0.15, -0.1) is 0 Å². The summed E-state index contributed by atoms with van der Waals surface area (Å²) in [6.07, 6.45) is 2.22. The molecule has 3 heteroatoms. The van der Waals surface area contributed by atoms with E-state index in [1.165, 1.54) is 18.7 Å². The van der Waals surface area contributed by atoms with Crippen molar-refractivity contribution in [2.24, 2.45) is 0 Å². The van der Waals surface area contributed by atoms with Crippen molar-refractivity contribution in [2.75, 3.05) is 14.2 Å².